The highest BCUT2D eigenvalue weighted by Crippen LogP contribution is 2.30. The number of rotatable bonds is 4. The Kier molecular flexibility index (Phi) is 3.81. The average molecular weight is 250 g/mol. The summed E-state index contributed by atoms with van der Waals surface area (Å²) in [6, 6.07) is 3.49. The minimum atomic E-state index is -1.00. The predicted octanol–water partition coefficient (Wildman–Crippen LogP) is 2.01. The van der Waals surface area contributed by atoms with Gasteiger partial charge in [0.05, 0.1) is 5.69 Å². The van der Waals surface area contributed by atoms with E-state index in [4.69, 9.17) is 9.84 Å². The van der Waals surface area contributed by atoms with Gasteiger partial charge in [-0.25, -0.2) is 9.78 Å². The highest BCUT2D eigenvalue weighted by atomic mass is 16.5. The first kappa shape index (κ1) is 12.8. The van der Waals surface area contributed by atoms with Gasteiger partial charge in [0.1, 0.15) is 0 Å². The van der Waals surface area contributed by atoms with Gasteiger partial charge in [-0.3, -0.25) is 0 Å². The van der Waals surface area contributed by atoms with Crippen molar-refractivity contribution < 1.29 is 14.6 Å². The van der Waals surface area contributed by atoms with Gasteiger partial charge in [0, 0.05) is 26.0 Å². The number of pyridine rings is 1. The van der Waals surface area contributed by atoms with E-state index in [1.54, 1.807) is 12.1 Å². The molecule has 0 amide bonds. The van der Waals surface area contributed by atoms with Crippen molar-refractivity contribution in [3.8, 4) is 0 Å². The minimum Gasteiger partial charge on any atom is -0.476 e. The number of carboxylic acids is 1. The molecule has 0 atom stereocenters. The van der Waals surface area contributed by atoms with Crippen molar-refractivity contribution in [2.45, 2.75) is 19.8 Å². The van der Waals surface area contributed by atoms with Gasteiger partial charge in [0.2, 0.25) is 0 Å². The summed E-state index contributed by atoms with van der Waals surface area (Å²) >= 11 is 0. The highest BCUT2D eigenvalue weighted by molar-refractivity contribution is 5.91. The molecule has 1 aromatic heterocycles. The van der Waals surface area contributed by atoms with Crippen molar-refractivity contribution in [2.24, 2.45) is 5.41 Å². The summed E-state index contributed by atoms with van der Waals surface area (Å²) in [7, 11) is 0. The number of nitrogens with zero attached hydrogens (tertiary/aromatic N) is 1. The van der Waals surface area contributed by atoms with Crippen LogP contribution in [0.2, 0.25) is 0 Å². The lowest BCUT2D eigenvalue weighted by atomic mass is 9.82. The van der Waals surface area contributed by atoms with Crippen molar-refractivity contribution in [1.29, 1.82) is 0 Å². The molecule has 1 aliphatic rings. The van der Waals surface area contributed by atoms with Crippen LogP contribution in [0.1, 0.15) is 30.3 Å². The Bertz CT molecular complexity index is 428. The molecule has 0 unspecified atom stereocenters. The van der Waals surface area contributed by atoms with Gasteiger partial charge in [-0.1, -0.05) is 6.92 Å². The maximum absolute atomic E-state index is 11.0. The molecule has 0 bridgehead atoms. The van der Waals surface area contributed by atoms with E-state index in [1.165, 1.54) is 6.20 Å². The second-order valence-electron chi connectivity index (χ2n) is 4.98. The highest BCUT2D eigenvalue weighted by Gasteiger charge is 2.27. The van der Waals surface area contributed by atoms with Crippen LogP contribution in [0.3, 0.4) is 0 Å². The van der Waals surface area contributed by atoms with Crippen LogP contribution in [0.25, 0.3) is 0 Å². The van der Waals surface area contributed by atoms with Crippen molar-refractivity contribution in [3.63, 3.8) is 0 Å². The number of hydrogen-bond donors (Lipinski definition) is 2. The first-order valence-electron chi connectivity index (χ1n) is 6.11. The fourth-order valence-electron chi connectivity index (χ4n) is 2.07. The van der Waals surface area contributed by atoms with E-state index >= 15 is 0 Å². The lowest BCUT2D eigenvalue weighted by Gasteiger charge is -2.34. The maximum atomic E-state index is 11.0. The first-order valence-corrected chi connectivity index (χ1v) is 6.11. The summed E-state index contributed by atoms with van der Waals surface area (Å²) in [5, 5.41) is 12.3. The zero-order valence-corrected chi connectivity index (χ0v) is 10.5. The monoisotopic (exact) mass is 250 g/mol. The van der Waals surface area contributed by atoms with E-state index in [1.807, 2.05) is 0 Å². The molecule has 0 saturated carbocycles. The lowest BCUT2D eigenvalue weighted by Crippen LogP contribution is -2.33. The Labute approximate surface area is 106 Å². The van der Waals surface area contributed by atoms with Crippen molar-refractivity contribution in [1.82, 2.24) is 4.98 Å². The van der Waals surface area contributed by atoms with Crippen LogP contribution in [-0.4, -0.2) is 35.8 Å². The summed E-state index contributed by atoms with van der Waals surface area (Å²) in [6.07, 6.45) is 3.47. The summed E-state index contributed by atoms with van der Waals surface area (Å²) in [4.78, 5) is 14.9. The molecule has 2 rings (SSSR count). The largest absolute Gasteiger partial charge is 0.476 e. The lowest BCUT2D eigenvalue weighted by molar-refractivity contribution is 0.0299. The van der Waals surface area contributed by atoms with E-state index in [0.29, 0.717) is 5.69 Å². The van der Waals surface area contributed by atoms with E-state index < -0.39 is 5.97 Å². The number of nitrogens with one attached hydrogen (secondary N) is 1. The van der Waals surface area contributed by atoms with Crippen LogP contribution >= 0.6 is 0 Å². The molecule has 5 nitrogen and oxygen atoms in total. The standard InChI is InChI=1S/C13H18N2O3/c1-13(4-7-18-8-5-13)9-15-10-3-2-6-14-11(10)12(16)17/h2-3,6,15H,4-5,7-9H2,1H3,(H,16,17). The normalized spacial score (nSPS) is 18.3. The summed E-state index contributed by atoms with van der Waals surface area (Å²) in [6.45, 7) is 4.48. The molecule has 1 saturated heterocycles. The minimum absolute atomic E-state index is 0.0770. The van der Waals surface area contributed by atoms with Crippen molar-refractivity contribution in [2.75, 3.05) is 25.1 Å². The molecule has 98 valence electrons. The smallest absolute Gasteiger partial charge is 0.356 e. The fraction of sp³-hybridized carbons (Fsp3) is 0.538. The molecule has 5 heteroatoms. The quantitative estimate of drug-likeness (QED) is 0.855. The van der Waals surface area contributed by atoms with Crippen molar-refractivity contribution >= 4 is 11.7 Å². The molecular formula is C13H18N2O3. The number of ether oxygens (including phenoxy) is 1. The Morgan fingerprint density at radius 1 is 1.56 bits per heavy atom. The maximum Gasteiger partial charge on any atom is 0.356 e. The molecule has 1 aliphatic heterocycles. The summed E-state index contributed by atoms with van der Waals surface area (Å²) < 4.78 is 5.34. The van der Waals surface area contributed by atoms with Crippen LogP contribution in [0.5, 0.6) is 0 Å². The Morgan fingerprint density at radius 3 is 2.94 bits per heavy atom. The van der Waals surface area contributed by atoms with Gasteiger partial charge in [0.15, 0.2) is 5.69 Å². The fourth-order valence-corrected chi connectivity index (χ4v) is 2.07. The van der Waals surface area contributed by atoms with Crippen LogP contribution in [0.15, 0.2) is 18.3 Å². The average Bonchev–Trinajstić information content (AvgIpc) is 2.38. The Hall–Kier alpha value is -1.62. The third-order valence-electron chi connectivity index (χ3n) is 3.42. The molecule has 1 aromatic rings. The van der Waals surface area contributed by atoms with E-state index in [-0.39, 0.29) is 11.1 Å². The summed E-state index contributed by atoms with van der Waals surface area (Å²) in [5.74, 6) is -1.00. The Balaban J connectivity index is 2.03. The van der Waals surface area contributed by atoms with Crippen molar-refractivity contribution in [3.05, 3.63) is 24.0 Å². The summed E-state index contributed by atoms with van der Waals surface area (Å²) in [5.41, 5.74) is 0.815. The molecule has 0 radical (unpaired) electrons. The van der Waals surface area contributed by atoms with Gasteiger partial charge in [-0.05, 0) is 30.4 Å². The Morgan fingerprint density at radius 2 is 2.28 bits per heavy atom. The predicted molar refractivity (Wildman–Crippen MR) is 67.8 cm³/mol. The number of anilines is 1. The zero-order valence-electron chi connectivity index (χ0n) is 10.5. The topological polar surface area (TPSA) is 71.5 Å². The second kappa shape index (κ2) is 5.35. The van der Waals surface area contributed by atoms with Crippen LogP contribution < -0.4 is 5.32 Å². The van der Waals surface area contributed by atoms with E-state index in [9.17, 15) is 4.79 Å². The van der Waals surface area contributed by atoms with Crippen LogP contribution in [-0.2, 0) is 4.74 Å². The molecular weight excluding hydrogens is 232 g/mol. The van der Waals surface area contributed by atoms with E-state index in [0.717, 1.165) is 32.6 Å². The molecule has 0 spiro atoms. The van der Waals surface area contributed by atoms with Crippen LogP contribution in [0.4, 0.5) is 5.69 Å². The molecule has 0 aliphatic carbocycles. The molecule has 2 heterocycles. The second-order valence-corrected chi connectivity index (χ2v) is 4.98. The zero-order chi connectivity index (χ0) is 13.0. The SMILES string of the molecule is CC1(CNc2cccnc2C(=O)O)CCOCC1. The van der Waals surface area contributed by atoms with Gasteiger partial charge in [-0.2, -0.15) is 0 Å². The third kappa shape index (κ3) is 2.98. The number of aromatic nitrogens is 1. The molecule has 18 heavy (non-hydrogen) atoms. The van der Waals surface area contributed by atoms with Gasteiger partial charge in [0.25, 0.3) is 0 Å². The van der Waals surface area contributed by atoms with Gasteiger partial charge >= 0.3 is 5.97 Å². The number of carboxylic acid groups (broad SMARTS) is 1. The first-order chi connectivity index (χ1) is 8.61. The third-order valence-corrected chi connectivity index (χ3v) is 3.42. The number of hydrogen-bond acceptors (Lipinski definition) is 4. The van der Waals surface area contributed by atoms with E-state index in [2.05, 4.69) is 17.2 Å². The molecule has 1 fully saturated rings. The number of carbonyl (C=O) groups is 1. The van der Waals surface area contributed by atoms with Gasteiger partial charge in [-0.15, -0.1) is 0 Å². The number of aromatic carboxylic acids is 1. The van der Waals surface area contributed by atoms with Gasteiger partial charge < -0.3 is 15.2 Å². The van der Waals surface area contributed by atoms with Crippen LogP contribution in [0, 0.1) is 5.41 Å². The molecule has 2 N–H and O–H groups in total. The molecule has 0 aromatic carbocycles.